The molecule has 9 nitrogen and oxygen atoms in total. The van der Waals surface area contributed by atoms with Gasteiger partial charge in [0.05, 0.1) is 17.8 Å². The molecule has 0 saturated carbocycles. The fourth-order valence-corrected chi connectivity index (χ4v) is 2.38. The smallest absolute Gasteiger partial charge is 0.424 e. The Morgan fingerprint density at radius 3 is 1.88 bits per heavy atom. The zero-order valence-electron chi connectivity index (χ0n) is 20.6. The zero-order chi connectivity index (χ0) is 25.6. The van der Waals surface area contributed by atoms with Crippen molar-refractivity contribution in [2.45, 2.75) is 79.1 Å². The molecule has 0 atom stereocenters. The van der Waals surface area contributed by atoms with Crippen LogP contribution in [0.25, 0.3) is 0 Å². The first-order valence-corrected chi connectivity index (χ1v) is 10.6. The van der Waals surface area contributed by atoms with Crippen molar-refractivity contribution in [1.82, 2.24) is 10.3 Å². The van der Waals surface area contributed by atoms with Crippen LogP contribution in [0, 0.1) is 11.8 Å². The molecule has 1 aromatic rings. The number of hydrogen-bond acceptors (Lipinski definition) is 7. The largest absolute Gasteiger partial charge is 0.444 e. The van der Waals surface area contributed by atoms with Crippen LogP contribution >= 0.6 is 11.6 Å². The summed E-state index contributed by atoms with van der Waals surface area (Å²) in [5, 5.41) is 2.44. The van der Waals surface area contributed by atoms with E-state index < -0.39 is 35.1 Å². The lowest BCUT2D eigenvalue weighted by Crippen LogP contribution is -2.44. The van der Waals surface area contributed by atoms with E-state index in [9.17, 15) is 14.4 Å². The Balaban J connectivity index is 3.31. The van der Waals surface area contributed by atoms with Crippen molar-refractivity contribution in [3.05, 3.63) is 23.0 Å². The lowest BCUT2D eigenvalue weighted by molar-refractivity contribution is 0.0428. The number of ether oxygens (including phenoxy) is 3. The molecular weight excluding hydrogens is 450 g/mol. The highest BCUT2D eigenvalue weighted by Crippen LogP contribution is 2.28. The van der Waals surface area contributed by atoms with Crippen molar-refractivity contribution in [3.63, 3.8) is 0 Å². The number of nitrogens with zero attached hydrogens (tertiary/aromatic N) is 2. The average Bonchev–Trinajstić information content (AvgIpc) is 2.55. The standard InChI is InChI=1S/C23H32ClN3O6/c1-21(2,3)31-18(28)26-13-10-11-15-16(12-14-25-17(15)24)27(19(29)32-22(4,5)6)20(30)33-23(7,8)9/h12,14H,13H2,1-9H3,(H,26,28). The first-order valence-electron chi connectivity index (χ1n) is 10.3. The lowest BCUT2D eigenvalue weighted by atomic mass is 10.2. The average molecular weight is 482 g/mol. The number of pyridine rings is 1. The molecule has 0 spiro atoms. The van der Waals surface area contributed by atoms with E-state index in [1.54, 1.807) is 62.3 Å². The molecule has 0 unspecified atom stereocenters. The van der Waals surface area contributed by atoms with Gasteiger partial charge in [-0.05, 0) is 68.4 Å². The third-order valence-corrected chi connectivity index (χ3v) is 3.50. The third-order valence-electron chi connectivity index (χ3n) is 3.21. The van der Waals surface area contributed by atoms with E-state index in [4.69, 9.17) is 25.8 Å². The summed E-state index contributed by atoms with van der Waals surface area (Å²) in [5.41, 5.74) is -2.29. The summed E-state index contributed by atoms with van der Waals surface area (Å²) >= 11 is 6.22. The van der Waals surface area contributed by atoms with Gasteiger partial charge in [-0.25, -0.2) is 19.4 Å². The van der Waals surface area contributed by atoms with Crippen molar-refractivity contribution in [1.29, 1.82) is 0 Å². The summed E-state index contributed by atoms with van der Waals surface area (Å²) in [4.78, 5) is 42.3. The van der Waals surface area contributed by atoms with Crippen LogP contribution in [-0.4, -0.2) is 46.6 Å². The molecule has 10 heteroatoms. The Hall–Kier alpha value is -2.99. The van der Waals surface area contributed by atoms with E-state index in [-0.39, 0.29) is 22.9 Å². The number of nitrogens with one attached hydrogen (secondary N) is 1. The first kappa shape index (κ1) is 28.0. The maximum absolute atomic E-state index is 12.9. The Labute approximate surface area is 200 Å². The summed E-state index contributed by atoms with van der Waals surface area (Å²) in [6.45, 7) is 15.1. The number of halogens is 1. The van der Waals surface area contributed by atoms with Crippen LogP contribution < -0.4 is 10.2 Å². The van der Waals surface area contributed by atoms with E-state index in [0.29, 0.717) is 0 Å². The predicted octanol–water partition coefficient (Wildman–Crippen LogP) is 5.29. The molecule has 0 aliphatic carbocycles. The number of carbonyl (C=O) groups excluding carboxylic acids is 3. The molecule has 1 aromatic heterocycles. The molecule has 3 amide bonds. The highest BCUT2D eigenvalue weighted by Gasteiger charge is 2.34. The van der Waals surface area contributed by atoms with E-state index >= 15 is 0 Å². The summed E-state index contributed by atoms with van der Waals surface area (Å²) in [7, 11) is 0. The normalized spacial score (nSPS) is 11.6. The molecule has 0 aliphatic rings. The monoisotopic (exact) mass is 481 g/mol. The third kappa shape index (κ3) is 10.4. The summed E-state index contributed by atoms with van der Waals surface area (Å²) in [5.74, 6) is 5.46. The number of rotatable bonds is 2. The van der Waals surface area contributed by atoms with Crippen molar-refractivity contribution in [2.24, 2.45) is 0 Å². The topological polar surface area (TPSA) is 107 Å². The second-order valence-corrected chi connectivity index (χ2v) is 10.3. The summed E-state index contributed by atoms with van der Waals surface area (Å²) < 4.78 is 15.9. The molecule has 0 aromatic carbocycles. The van der Waals surface area contributed by atoms with Crippen molar-refractivity contribution < 1.29 is 28.6 Å². The first-order chi connectivity index (χ1) is 14.9. The fraction of sp³-hybridized carbons (Fsp3) is 0.565. The predicted molar refractivity (Wildman–Crippen MR) is 125 cm³/mol. The summed E-state index contributed by atoms with van der Waals surface area (Å²) in [6, 6.07) is 1.39. The Kier molecular flexibility index (Phi) is 9.14. The number of imide groups is 1. The van der Waals surface area contributed by atoms with Crippen LogP contribution in [-0.2, 0) is 14.2 Å². The van der Waals surface area contributed by atoms with Gasteiger partial charge >= 0.3 is 18.3 Å². The Bertz CT molecular complexity index is 918. The van der Waals surface area contributed by atoms with Gasteiger partial charge in [-0.1, -0.05) is 23.4 Å². The minimum Gasteiger partial charge on any atom is -0.444 e. The molecule has 1 heterocycles. The molecule has 1 rings (SSSR count). The van der Waals surface area contributed by atoms with Gasteiger partial charge in [0.2, 0.25) is 0 Å². The SMILES string of the molecule is CC(C)(C)OC(=O)NCC#Cc1c(N(C(=O)OC(C)(C)C)C(=O)OC(C)(C)C)ccnc1Cl. The molecule has 1 N–H and O–H groups in total. The number of anilines is 1. The maximum Gasteiger partial charge on any atom is 0.424 e. The highest BCUT2D eigenvalue weighted by molar-refractivity contribution is 6.31. The zero-order valence-corrected chi connectivity index (χ0v) is 21.3. The van der Waals surface area contributed by atoms with E-state index in [2.05, 4.69) is 22.1 Å². The quantitative estimate of drug-likeness (QED) is 0.347. The van der Waals surface area contributed by atoms with Crippen LogP contribution in [0.5, 0.6) is 0 Å². The van der Waals surface area contributed by atoms with Gasteiger partial charge in [0.15, 0.2) is 0 Å². The molecule has 33 heavy (non-hydrogen) atoms. The Morgan fingerprint density at radius 1 is 0.939 bits per heavy atom. The second kappa shape index (κ2) is 10.8. The Morgan fingerprint density at radius 2 is 1.42 bits per heavy atom. The highest BCUT2D eigenvalue weighted by atomic mass is 35.5. The number of amides is 3. The fourth-order valence-electron chi connectivity index (χ4n) is 2.18. The van der Waals surface area contributed by atoms with Gasteiger partial charge < -0.3 is 19.5 Å². The van der Waals surface area contributed by atoms with Gasteiger partial charge in [0.25, 0.3) is 0 Å². The van der Waals surface area contributed by atoms with Gasteiger partial charge in [-0.2, -0.15) is 4.90 Å². The number of aromatic nitrogens is 1. The summed E-state index contributed by atoms with van der Waals surface area (Å²) in [6.07, 6.45) is -1.25. The molecule has 0 fully saturated rings. The maximum atomic E-state index is 12.9. The second-order valence-electron chi connectivity index (χ2n) is 9.95. The van der Waals surface area contributed by atoms with Crippen molar-refractivity contribution in [3.8, 4) is 11.8 Å². The minimum absolute atomic E-state index is 0.0308. The molecule has 0 saturated heterocycles. The van der Waals surface area contributed by atoms with Gasteiger partial charge in [0.1, 0.15) is 22.0 Å². The number of hydrogen-bond donors (Lipinski definition) is 1. The molecule has 0 bridgehead atoms. The van der Waals surface area contributed by atoms with Crippen molar-refractivity contribution in [2.75, 3.05) is 11.4 Å². The number of carbonyl (C=O) groups is 3. The molecule has 182 valence electrons. The number of alkyl carbamates (subject to hydrolysis) is 1. The van der Waals surface area contributed by atoms with E-state index in [0.717, 1.165) is 4.90 Å². The minimum atomic E-state index is -0.964. The van der Waals surface area contributed by atoms with Gasteiger partial charge in [0, 0.05) is 6.20 Å². The molecule has 0 aliphatic heterocycles. The van der Waals surface area contributed by atoms with E-state index in [1.807, 2.05) is 0 Å². The van der Waals surface area contributed by atoms with Gasteiger partial charge in [-0.3, -0.25) is 0 Å². The molecular formula is C23H32ClN3O6. The van der Waals surface area contributed by atoms with Crippen LogP contribution in [0.4, 0.5) is 20.1 Å². The van der Waals surface area contributed by atoms with Crippen LogP contribution in [0.15, 0.2) is 12.3 Å². The lowest BCUT2D eigenvalue weighted by Gasteiger charge is -2.29. The van der Waals surface area contributed by atoms with Crippen LogP contribution in [0.3, 0.4) is 0 Å². The van der Waals surface area contributed by atoms with Crippen LogP contribution in [0.1, 0.15) is 67.9 Å². The van der Waals surface area contributed by atoms with Crippen LogP contribution in [0.2, 0.25) is 5.15 Å². The van der Waals surface area contributed by atoms with Gasteiger partial charge in [-0.15, -0.1) is 0 Å². The van der Waals surface area contributed by atoms with Crippen molar-refractivity contribution >= 4 is 35.6 Å². The molecule has 0 radical (unpaired) electrons. The van der Waals surface area contributed by atoms with E-state index in [1.165, 1.54) is 12.3 Å².